The molecule has 2 rings (SSSR count). The molecule has 23 heavy (non-hydrogen) atoms. The standard InChI is InChI=1S/C16H17N3O4/c1-9-6-10(2)8-11(7-9)14(16(21)22)17-15(20)12-4-5-13(23-3)19-18-12/h4-8,14H,1-3H3,(H,17,20)(H,21,22). The Kier molecular flexibility index (Phi) is 4.90. The summed E-state index contributed by atoms with van der Waals surface area (Å²) >= 11 is 0. The molecule has 1 unspecified atom stereocenters. The van der Waals surface area contributed by atoms with Crippen molar-refractivity contribution in [3.05, 3.63) is 52.7 Å². The molecule has 0 spiro atoms. The van der Waals surface area contributed by atoms with Gasteiger partial charge in [-0.2, -0.15) is 0 Å². The molecule has 7 nitrogen and oxygen atoms in total. The smallest absolute Gasteiger partial charge is 0.330 e. The number of rotatable bonds is 5. The molecule has 1 amide bonds. The van der Waals surface area contributed by atoms with Crippen LogP contribution in [0.2, 0.25) is 0 Å². The van der Waals surface area contributed by atoms with Crippen molar-refractivity contribution < 1.29 is 19.4 Å². The van der Waals surface area contributed by atoms with Crippen molar-refractivity contribution >= 4 is 11.9 Å². The maximum atomic E-state index is 12.2. The van der Waals surface area contributed by atoms with E-state index in [2.05, 4.69) is 15.5 Å². The van der Waals surface area contributed by atoms with Crippen LogP contribution in [-0.2, 0) is 4.79 Å². The maximum absolute atomic E-state index is 12.2. The van der Waals surface area contributed by atoms with Gasteiger partial charge in [0.2, 0.25) is 5.88 Å². The zero-order valence-corrected chi connectivity index (χ0v) is 13.0. The number of hydrogen-bond donors (Lipinski definition) is 2. The van der Waals surface area contributed by atoms with Gasteiger partial charge in [0.15, 0.2) is 11.7 Å². The van der Waals surface area contributed by atoms with E-state index < -0.39 is 17.9 Å². The molecular formula is C16H17N3O4. The first-order chi connectivity index (χ1) is 10.9. The van der Waals surface area contributed by atoms with Gasteiger partial charge in [-0.05, 0) is 25.5 Å². The fourth-order valence-electron chi connectivity index (χ4n) is 2.22. The van der Waals surface area contributed by atoms with Crippen LogP contribution in [0.15, 0.2) is 30.3 Å². The number of hydrogen-bond acceptors (Lipinski definition) is 5. The summed E-state index contributed by atoms with van der Waals surface area (Å²) in [5.41, 5.74) is 2.36. The molecular weight excluding hydrogens is 298 g/mol. The van der Waals surface area contributed by atoms with Crippen molar-refractivity contribution in [3.8, 4) is 5.88 Å². The van der Waals surface area contributed by atoms with Crippen molar-refractivity contribution in [2.24, 2.45) is 0 Å². The second-order valence-electron chi connectivity index (χ2n) is 5.13. The van der Waals surface area contributed by atoms with E-state index in [1.165, 1.54) is 19.2 Å². The average molecular weight is 315 g/mol. The van der Waals surface area contributed by atoms with E-state index in [-0.39, 0.29) is 11.6 Å². The van der Waals surface area contributed by atoms with Gasteiger partial charge in [-0.25, -0.2) is 4.79 Å². The van der Waals surface area contributed by atoms with Gasteiger partial charge in [0.05, 0.1) is 7.11 Å². The molecule has 7 heteroatoms. The highest BCUT2D eigenvalue weighted by Gasteiger charge is 2.24. The fraction of sp³-hybridized carbons (Fsp3) is 0.250. The Hall–Kier alpha value is -2.96. The number of aromatic nitrogens is 2. The van der Waals surface area contributed by atoms with E-state index in [1.54, 1.807) is 12.1 Å². The Morgan fingerprint density at radius 2 is 1.78 bits per heavy atom. The van der Waals surface area contributed by atoms with E-state index in [9.17, 15) is 14.7 Å². The van der Waals surface area contributed by atoms with Crippen LogP contribution in [0.1, 0.15) is 33.2 Å². The normalized spacial score (nSPS) is 11.6. The van der Waals surface area contributed by atoms with Gasteiger partial charge in [0, 0.05) is 6.07 Å². The summed E-state index contributed by atoms with van der Waals surface area (Å²) in [6.07, 6.45) is 0. The largest absolute Gasteiger partial charge is 0.480 e. The van der Waals surface area contributed by atoms with Crippen molar-refractivity contribution in [2.45, 2.75) is 19.9 Å². The lowest BCUT2D eigenvalue weighted by molar-refractivity contribution is -0.139. The van der Waals surface area contributed by atoms with E-state index in [1.807, 2.05) is 19.9 Å². The zero-order valence-electron chi connectivity index (χ0n) is 13.0. The molecule has 1 atom stereocenters. The summed E-state index contributed by atoms with van der Waals surface area (Å²) in [6, 6.07) is 7.12. The number of ether oxygens (including phenoxy) is 1. The molecule has 0 aliphatic carbocycles. The Labute approximate surface area is 133 Å². The summed E-state index contributed by atoms with van der Waals surface area (Å²) in [5, 5.41) is 19.3. The van der Waals surface area contributed by atoms with Crippen LogP contribution < -0.4 is 10.1 Å². The van der Waals surface area contributed by atoms with Crippen LogP contribution >= 0.6 is 0 Å². The van der Waals surface area contributed by atoms with E-state index >= 15 is 0 Å². The average Bonchev–Trinajstić information content (AvgIpc) is 2.51. The summed E-state index contributed by atoms with van der Waals surface area (Å²) < 4.78 is 4.86. The lowest BCUT2D eigenvalue weighted by Crippen LogP contribution is -2.34. The highest BCUT2D eigenvalue weighted by molar-refractivity contribution is 5.95. The number of carbonyl (C=O) groups is 2. The third-order valence-electron chi connectivity index (χ3n) is 3.18. The number of aliphatic carboxylic acids is 1. The monoisotopic (exact) mass is 315 g/mol. The molecule has 0 radical (unpaired) electrons. The summed E-state index contributed by atoms with van der Waals surface area (Å²) in [7, 11) is 1.43. The van der Waals surface area contributed by atoms with Crippen LogP contribution in [0, 0.1) is 13.8 Å². The second-order valence-corrected chi connectivity index (χ2v) is 5.13. The molecule has 0 saturated heterocycles. The first-order valence-corrected chi connectivity index (χ1v) is 6.90. The first kappa shape index (κ1) is 16.4. The molecule has 0 aliphatic heterocycles. The Morgan fingerprint density at radius 1 is 1.13 bits per heavy atom. The molecule has 0 fully saturated rings. The first-order valence-electron chi connectivity index (χ1n) is 6.90. The Morgan fingerprint density at radius 3 is 2.26 bits per heavy atom. The third kappa shape index (κ3) is 4.03. The highest BCUT2D eigenvalue weighted by atomic mass is 16.5. The Bertz CT molecular complexity index is 708. The Balaban J connectivity index is 2.24. The number of nitrogens with zero attached hydrogens (tertiary/aromatic N) is 2. The molecule has 0 bridgehead atoms. The van der Waals surface area contributed by atoms with Crippen molar-refractivity contribution in [3.63, 3.8) is 0 Å². The SMILES string of the molecule is COc1ccc(C(=O)NC(C(=O)O)c2cc(C)cc(C)c2)nn1. The van der Waals surface area contributed by atoms with Gasteiger partial charge in [-0.1, -0.05) is 29.3 Å². The van der Waals surface area contributed by atoms with Gasteiger partial charge < -0.3 is 15.2 Å². The minimum Gasteiger partial charge on any atom is -0.480 e. The van der Waals surface area contributed by atoms with Gasteiger partial charge in [-0.15, -0.1) is 10.2 Å². The third-order valence-corrected chi connectivity index (χ3v) is 3.18. The lowest BCUT2D eigenvalue weighted by atomic mass is 10.0. The number of methoxy groups -OCH3 is 1. The minimum atomic E-state index is -1.16. The van der Waals surface area contributed by atoms with Crippen LogP contribution in [-0.4, -0.2) is 34.3 Å². The number of amides is 1. The maximum Gasteiger partial charge on any atom is 0.330 e. The molecule has 1 aromatic carbocycles. The van der Waals surface area contributed by atoms with E-state index in [4.69, 9.17) is 4.74 Å². The minimum absolute atomic E-state index is 0.0152. The molecule has 2 N–H and O–H groups in total. The van der Waals surface area contributed by atoms with Crippen LogP contribution in [0.4, 0.5) is 0 Å². The zero-order chi connectivity index (χ0) is 17.0. The van der Waals surface area contributed by atoms with Gasteiger partial charge >= 0.3 is 5.97 Å². The van der Waals surface area contributed by atoms with Crippen LogP contribution in [0.5, 0.6) is 5.88 Å². The van der Waals surface area contributed by atoms with Crippen molar-refractivity contribution in [2.75, 3.05) is 7.11 Å². The van der Waals surface area contributed by atoms with Crippen molar-refractivity contribution in [1.29, 1.82) is 0 Å². The van der Waals surface area contributed by atoms with Crippen molar-refractivity contribution in [1.82, 2.24) is 15.5 Å². The second kappa shape index (κ2) is 6.87. The van der Waals surface area contributed by atoms with E-state index in [0.717, 1.165) is 11.1 Å². The highest BCUT2D eigenvalue weighted by Crippen LogP contribution is 2.18. The molecule has 1 heterocycles. The molecule has 0 aliphatic rings. The quantitative estimate of drug-likeness (QED) is 0.870. The predicted molar refractivity (Wildman–Crippen MR) is 82.3 cm³/mol. The molecule has 120 valence electrons. The fourth-order valence-corrected chi connectivity index (χ4v) is 2.22. The number of benzene rings is 1. The lowest BCUT2D eigenvalue weighted by Gasteiger charge is -2.16. The number of carboxylic acid groups (broad SMARTS) is 1. The number of carboxylic acids is 1. The van der Waals surface area contributed by atoms with Gasteiger partial charge in [0.25, 0.3) is 5.91 Å². The van der Waals surface area contributed by atoms with Gasteiger partial charge in [0.1, 0.15) is 0 Å². The number of aryl methyl sites for hydroxylation is 2. The van der Waals surface area contributed by atoms with Crippen LogP contribution in [0.3, 0.4) is 0 Å². The topological polar surface area (TPSA) is 101 Å². The number of nitrogens with one attached hydrogen (secondary N) is 1. The van der Waals surface area contributed by atoms with Gasteiger partial charge in [-0.3, -0.25) is 4.79 Å². The predicted octanol–water partition coefficient (Wildman–Crippen LogP) is 1.66. The molecule has 2 aromatic rings. The summed E-state index contributed by atoms with van der Waals surface area (Å²) in [6.45, 7) is 3.73. The summed E-state index contributed by atoms with van der Waals surface area (Å²) in [5.74, 6) is -1.50. The number of carbonyl (C=O) groups excluding carboxylic acids is 1. The van der Waals surface area contributed by atoms with E-state index in [0.29, 0.717) is 5.56 Å². The molecule has 1 aromatic heterocycles. The summed E-state index contributed by atoms with van der Waals surface area (Å²) in [4.78, 5) is 23.7. The molecule has 0 saturated carbocycles. The van der Waals surface area contributed by atoms with Crippen LogP contribution in [0.25, 0.3) is 0 Å².